The summed E-state index contributed by atoms with van der Waals surface area (Å²) in [5.74, 6) is 0.482. The molecule has 0 aliphatic heterocycles. The summed E-state index contributed by atoms with van der Waals surface area (Å²) in [4.78, 5) is 22.3. The Labute approximate surface area is 123 Å². The van der Waals surface area contributed by atoms with E-state index in [0.29, 0.717) is 18.8 Å². The molecule has 0 saturated heterocycles. The number of primary amides is 1. The lowest BCUT2D eigenvalue weighted by atomic mass is 9.97. The standard InChI is InChI=1S/C16H32N2O2/c1-13(2)12-14(17)15(19)10-8-6-4-3-5-7-9-11-16(18)20/h13-14H,3-12,17H2,1-2H3,(H2,18,20)/t14-/m0/s1. The zero-order valence-corrected chi connectivity index (χ0v) is 13.2. The number of unbranched alkanes of at least 4 members (excludes halogenated alkanes) is 6. The first-order valence-corrected chi connectivity index (χ1v) is 8.00. The maximum Gasteiger partial charge on any atom is 0.217 e. The fraction of sp³-hybridized carbons (Fsp3) is 0.875. The van der Waals surface area contributed by atoms with Gasteiger partial charge in [0.15, 0.2) is 0 Å². The molecule has 20 heavy (non-hydrogen) atoms. The minimum atomic E-state index is -0.274. The summed E-state index contributed by atoms with van der Waals surface area (Å²) in [5.41, 5.74) is 10.9. The Morgan fingerprint density at radius 3 is 1.75 bits per heavy atom. The van der Waals surface area contributed by atoms with Crippen LogP contribution in [0.15, 0.2) is 0 Å². The second-order valence-electron chi connectivity index (χ2n) is 6.14. The number of hydrogen-bond acceptors (Lipinski definition) is 3. The summed E-state index contributed by atoms with van der Waals surface area (Å²) in [6.07, 6.45) is 9.40. The molecule has 0 rings (SSSR count). The van der Waals surface area contributed by atoms with Crippen molar-refractivity contribution in [3.05, 3.63) is 0 Å². The lowest BCUT2D eigenvalue weighted by Gasteiger charge is -2.12. The SMILES string of the molecule is CC(C)C[C@H](N)C(=O)CCCCCCCCCC(N)=O. The summed E-state index contributed by atoms with van der Waals surface area (Å²) in [5, 5.41) is 0. The van der Waals surface area contributed by atoms with Crippen molar-refractivity contribution in [2.75, 3.05) is 0 Å². The molecule has 0 unspecified atom stereocenters. The first kappa shape index (κ1) is 19.1. The Kier molecular flexibility index (Phi) is 11.4. The summed E-state index contributed by atoms with van der Waals surface area (Å²) in [7, 11) is 0. The predicted octanol–water partition coefficient (Wildman–Crippen LogP) is 2.93. The second-order valence-corrected chi connectivity index (χ2v) is 6.14. The van der Waals surface area contributed by atoms with Gasteiger partial charge in [-0.25, -0.2) is 0 Å². The van der Waals surface area contributed by atoms with E-state index in [2.05, 4.69) is 13.8 Å². The minimum absolute atomic E-state index is 0.207. The minimum Gasteiger partial charge on any atom is -0.370 e. The van der Waals surface area contributed by atoms with Crippen molar-refractivity contribution in [3.63, 3.8) is 0 Å². The van der Waals surface area contributed by atoms with Gasteiger partial charge >= 0.3 is 0 Å². The van der Waals surface area contributed by atoms with Gasteiger partial charge in [-0.2, -0.15) is 0 Å². The van der Waals surface area contributed by atoms with E-state index in [-0.39, 0.29) is 17.7 Å². The van der Waals surface area contributed by atoms with Gasteiger partial charge in [-0.05, 0) is 25.2 Å². The fourth-order valence-electron chi connectivity index (χ4n) is 2.31. The molecule has 118 valence electrons. The van der Waals surface area contributed by atoms with Crippen molar-refractivity contribution in [1.82, 2.24) is 0 Å². The van der Waals surface area contributed by atoms with Crippen LogP contribution in [0.4, 0.5) is 0 Å². The van der Waals surface area contributed by atoms with Gasteiger partial charge in [-0.15, -0.1) is 0 Å². The number of rotatable bonds is 13. The first-order chi connectivity index (χ1) is 9.43. The van der Waals surface area contributed by atoms with Gasteiger partial charge in [-0.3, -0.25) is 9.59 Å². The molecule has 4 nitrogen and oxygen atoms in total. The van der Waals surface area contributed by atoms with E-state index in [1.165, 1.54) is 6.42 Å². The number of hydrogen-bond donors (Lipinski definition) is 2. The van der Waals surface area contributed by atoms with E-state index in [0.717, 1.165) is 44.9 Å². The maximum atomic E-state index is 11.7. The van der Waals surface area contributed by atoms with E-state index in [4.69, 9.17) is 11.5 Å². The number of carbonyl (C=O) groups is 2. The van der Waals surface area contributed by atoms with Crippen molar-refractivity contribution >= 4 is 11.7 Å². The van der Waals surface area contributed by atoms with Gasteiger partial charge in [0.2, 0.25) is 5.91 Å². The Bertz CT molecular complexity index is 278. The average Bonchev–Trinajstić information content (AvgIpc) is 2.35. The third-order valence-electron chi connectivity index (χ3n) is 3.49. The number of nitrogens with two attached hydrogens (primary N) is 2. The third kappa shape index (κ3) is 12.2. The lowest BCUT2D eigenvalue weighted by molar-refractivity contribution is -0.121. The zero-order chi connectivity index (χ0) is 15.4. The molecule has 0 aromatic rings. The highest BCUT2D eigenvalue weighted by atomic mass is 16.1. The number of Topliss-reactive ketones (excluding diaryl/α,β-unsaturated/α-hetero) is 1. The second kappa shape index (κ2) is 11.9. The van der Waals surface area contributed by atoms with Crippen LogP contribution in [0.25, 0.3) is 0 Å². The fourth-order valence-corrected chi connectivity index (χ4v) is 2.31. The van der Waals surface area contributed by atoms with Gasteiger partial charge in [-0.1, -0.05) is 46.0 Å². The molecule has 0 aliphatic carbocycles. The van der Waals surface area contributed by atoms with Gasteiger partial charge in [0.05, 0.1) is 6.04 Å². The Hall–Kier alpha value is -0.900. The van der Waals surface area contributed by atoms with E-state index in [1.54, 1.807) is 0 Å². The highest BCUT2D eigenvalue weighted by Gasteiger charge is 2.13. The van der Waals surface area contributed by atoms with Crippen molar-refractivity contribution in [3.8, 4) is 0 Å². The Morgan fingerprint density at radius 2 is 1.30 bits per heavy atom. The highest BCUT2D eigenvalue weighted by Crippen LogP contribution is 2.11. The highest BCUT2D eigenvalue weighted by molar-refractivity contribution is 5.83. The molecule has 0 bridgehead atoms. The van der Waals surface area contributed by atoms with Crippen LogP contribution in [-0.4, -0.2) is 17.7 Å². The summed E-state index contributed by atoms with van der Waals surface area (Å²) < 4.78 is 0. The smallest absolute Gasteiger partial charge is 0.217 e. The molecular formula is C16H32N2O2. The first-order valence-electron chi connectivity index (χ1n) is 8.00. The van der Waals surface area contributed by atoms with Gasteiger partial charge < -0.3 is 11.5 Å². The van der Waals surface area contributed by atoms with Crippen LogP contribution in [0, 0.1) is 5.92 Å². The normalized spacial score (nSPS) is 12.6. The van der Waals surface area contributed by atoms with E-state index in [1.807, 2.05) is 0 Å². The van der Waals surface area contributed by atoms with Crippen molar-refractivity contribution in [2.45, 2.75) is 84.1 Å². The Balaban J connectivity index is 3.35. The quantitative estimate of drug-likeness (QED) is 0.510. The number of amides is 1. The maximum absolute atomic E-state index is 11.7. The Morgan fingerprint density at radius 1 is 0.850 bits per heavy atom. The van der Waals surface area contributed by atoms with Crippen LogP contribution in [-0.2, 0) is 9.59 Å². The zero-order valence-electron chi connectivity index (χ0n) is 13.2. The van der Waals surface area contributed by atoms with E-state index in [9.17, 15) is 9.59 Å². The van der Waals surface area contributed by atoms with Crippen LogP contribution in [0.5, 0.6) is 0 Å². The molecule has 0 heterocycles. The van der Waals surface area contributed by atoms with E-state index >= 15 is 0 Å². The van der Waals surface area contributed by atoms with Gasteiger partial charge in [0, 0.05) is 12.8 Å². The van der Waals surface area contributed by atoms with Crippen molar-refractivity contribution in [2.24, 2.45) is 17.4 Å². The van der Waals surface area contributed by atoms with Crippen molar-refractivity contribution in [1.29, 1.82) is 0 Å². The molecule has 0 aromatic heterocycles. The average molecular weight is 284 g/mol. The van der Waals surface area contributed by atoms with Gasteiger partial charge in [0.1, 0.15) is 5.78 Å². The third-order valence-corrected chi connectivity index (χ3v) is 3.49. The number of carbonyl (C=O) groups excluding carboxylic acids is 2. The molecule has 4 heteroatoms. The molecule has 0 fully saturated rings. The molecule has 0 spiro atoms. The molecular weight excluding hydrogens is 252 g/mol. The molecule has 0 saturated carbocycles. The summed E-state index contributed by atoms with van der Waals surface area (Å²) in [6, 6.07) is -0.274. The summed E-state index contributed by atoms with van der Waals surface area (Å²) >= 11 is 0. The van der Waals surface area contributed by atoms with E-state index < -0.39 is 0 Å². The van der Waals surface area contributed by atoms with Crippen LogP contribution >= 0.6 is 0 Å². The summed E-state index contributed by atoms with van der Waals surface area (Å²) in [6.45, 7) is 4.18. The van der Waals surface area contributed by atoms with Crippen LogP contribution in [0.2, 0.25) is 0 Å². The molecule has 1 atom stereocenters. The van der Waals surface area contributed by atoms with Crippen LogP contribution < -0.4 is 11.5 Å². The number of ketones is 1. The lowest BCUT2D eigenvalue weighted by Crippen LogP contribution is -2.31. The van der Waals surface area contributed by atoms with Crippen LogP contribution in [0.1, 0.15) is 78.1 Å². The van der Waals surface area contributed by atoms with Gasteiger partial charge in [0.25, 0.3) is 0 Å². The monoisotopic (exact) mass is 284 g/mol. The molecule has 0 radical (unpaired) electrons. The molecule has 0 aliphatic rings. The molecule has 0 aromatic carbocycles. The predicted molar refractivity (Wildman–Crippen MR) is 83.2 cm³/mol. The molecule has 1 amide bonds. The van der Waals surface area contributed by atoms with Crippen LogP contribution in [0.3, 0.4) is 0 Å². The largest absolute Gasteiger partial charge is 0.370 e. The topological polar surface area (TPSA) is 86.2 Å². The van der Waals surface area contributed by atoms with Crippen molar-refractivity contribution < 1.29 is 9.59 Å². The molecule has 4 N–H and O–H groups in total.